The molecule has 3 heterocycles. The van der Waals surface area contributed by atoms with E-state index in [1.165, 1.54) is 32.1 Å². The Morgan fingerprint density at radius 3 is 2.58 bits per heavy atom. The number of rotatable bonds is 2. The van der Waals surface area contributed by atoms with Crippen LogP contribution in [-0.2, 0) is 4.79 Å². The van der Waals surface area contributed by atoms with E-state index in [0.29, 0.717) is 11.9 Å². The van der Waals surface area contributed by atoms with Crippen molar-refractivity contribution in [3.63, 3.8) is 0 Å². The molecule has 0 aliphatic carbocycles. The van der Waals surface area contributed by atoms with Gasteiger partial charge in [-0.25, -0.2) is 0 Å². The predicted octanol–water partition coefficient (Wildman–Crippen LogP) is 1.07. The molecule has 0 bridgehead atoms. The van der Waals surface area contributed by atoms with E-state index >= 15 is 0 Å². The Bertz CT molecular complexity index is 313. The van der Waals surface area contributed by atoms with Crippen molar-refractivity contribution in [2.45, 2.75) is 51.1 Å². The van der Waals surface area contributed by atoms with E-state index in [0.717, 1.165) is 38.6 Å². The Hall–Kier alpha value is -0.610. The number of fused-ring (bicyclic) bond motifs is 1. The van der Waals surface area contributed by atoms with E-state index in [9.17, 15) is 4.79 Å². The molecule has 108 valence electrons. The summed E-state index contributed by atoms with van der Waals surface area (Å²) in [5.74, 6) is 1.14. The molecule has 0 aromatic rings. The van der Waals surface area contributed by atoms with Crippen LogP contribution in [0.3, 0.4) is 0 Å². The zero-order chi connectivity index (χ0) is 13.2. The zero-order valence-electron chi connectivity index (χ0n) is 12.1. The normalized spacial score (nSPS) is 34.1. The Kier molecular flexibility index (Phi) is 4.08. The van der Waals surface area contributed by atoms with Crippen molar-refractivity contribution in [3.05, 3.63) is 0 Å². The van der Waals surface area contributed by atoms with Crippen LogP contribution in [-0.4, -0.2) is 60.5 Å². The second-order valence-electron chi connectivity index (χ2n) is 6.48. The van der Waals surface area contributed by atoms with Gasteiger partial charge in [-0.1, -0.05) is 12.8 Å². The highest BCUT2D eigenvalue weighted by molar-refractivity contribution is 5.81. The first-order valence-electron chi connectivity index (χ1n) is 8.02. The summed E-state index contributed by atoms with van der Waals surface area (Å²) in [5, 5.41) is 3.57. The minimum atomic E-state index is 0.0745. The SMILES string of the molecule is CC(C(=O)N1CCCCCC1)N1C[C@@H]2CCN[C@@H]2C1. The maximum absolute atomic E-state index is 12.6. The van der Waals surface area contributed by atoms with Crippen molar-refractivity contribution in [1.29, 1.82) is 0 Å². The highest BCUT2D eigenvalue weighted by Crippen LogP contribution is 2.26. The van der Waals surface area contributed by atoms with E-state index in [1.54, 1.807) is 0 Å². The monoisotopic (exact) mass is 265 g/mol. The minimum Gasteiger partial charge on any atom is -0.341 e. The number of likely N-dealkylation sites (tertiary alicyclic amines) is 2. The van der Waals surface area contributed by atoms with Gasteiger partial charge in [0, 0.05) is 32.2 Å². The van der Waals surface area contributed by atoms with Crippen LogP contribution >= 0.6 is 0 Å². The van der Waals surface area contributed by atoms with E-state index < -0.39 is 0 Å². The average molecular weight is 265 g/mol. The van der Waals surface area contributed by atoms with E-state index in [4.69, 9.17) is 0 Å². The molecule has 0 spiro atoms. The first kappa shape index (κ1) is 13.4. The van der Waals surface area contributed by atoms with Crippen molar-refractivity contribution in [3.8, 4) is 0 Å². The number of nitrogens with one attached hydrogen (secondary N) is 1. The van der Waals surface area contributed by atoms with Crippen LogP contribution in [0.2, 0.25) is 0 Å². The lowest BCUT2D eigenvalue weighted by Crippen LogP contribution is -2.47. The lowest BCUT2D eigenvalue weighted by molar-refractivity contribution is -0.136. The third-order valence-corrected chi connectivity index (χ3v) is 5.21. The quantitative estimate of drug-likeness (QED) is 0.811. The molecule has 1 unspecified atom stereocenters. The fraction of sp³-hybridized carbons (Fsp3) is 0.933. The summed E-state index contributed by atoms with van der Waals surface area (Å²) >= 11 is 0. The molecule has 3 aliphatic rings. The smallest absolute Gasteiger partial charge is 0.239 e. The summed E-state index contributed by atoms with van der Waals surface area (Å²) in [4.78, 5) is 17.1. The van der Waals surface area contributed by atoms with Crippen LogP contribution in [0.4, 0.5) is 0 Å². The van der Waals surface area contributed by atoms with Gasteiger partial charge >= 0.3 is 0 Å². The third kappa shape index (κ3) is 2.79. The maximum atomic E-state index is 12.6. The Morgan fingerprint density at radius 2 is 1.89 bits per heavy atom. The highest BCUT2D eigenvalue weighted by atomic mass is 16.2. The van der Waals surface area contributed by atoms with Gasteiger partial charge in [-0.3, -0.25) is 9.69 Å². The molecule has 4 heteroatoms. The Morgan fingerprint density at radius 1 is 1.16 bits per heavy atom. The van der Waals surface area contributed by atoms with E-state index in [2.05, 4.69) is 22.0 Å². The van der Waals surface area contributed by atoms with Gasteiger partial charge in [-0.15, -0.1) is 0 Å². The molecule has 4 nitrogen and oxygen atoms in total. The highest BCUT2D eigenvalue weighted by Gasteiger charge is 2.39. The molecule has 3 aliphatic heterocycles. The van der Waals surface area contributed by atoms with Gasteiger partial charge in [0.2, 0.25) is 5.91 Å². The molecular formula is C15H27N3O. The van der Waals surface area contributed by atoms with Crippen LogP contribution in [0, 0.1) is 5.92 Å². The molecular weight excluding hydrogens is 238 g/mol. The zero-order valence-corrected chi connectivity index (χ0v) is 12.1. The van der Waals surface area contributed by atoms with Crippen LogP contribution in [0.1, 0.15) is 39.0 Å². The number of nitrogens with zero attached hydrogens (tertiary/aromatic N) is 2. The van der Waals surface area contributed by atoms with Crippen LogP contribution in [0.5, 0.6) is 0 Å². The van der Waals surface area contributed by atoms with Crippen molar-refractivity contribution in [1.82, 2.24) is 15.1 Å². The minimum absolute atomic E-state index is 0.0745. The molecule has 19 heavy (non-hydrogen) atoms. The molecule has 3 saturated heterocycles. The second-order valence-corrected chi connectivity index (χ2v) is 6.48. The fourth-order valence-electron chi connectivity index (χ4n) is 3.91. The summed E-state index contributed by atoms with van der Waals surface area (Å²) in [7, 11) is 0. The lowest BCUT2D eigenvalue weighted by Gasteiger charge is -2.30. The Labute approximate surface area is 116 Å². The molecule has 0 aromatic carbocycles. The number of amides is 1. The summed E-state index contributed by atoms with van der Waals surface area (Å²) < 4.78 is 0. The molecule has 0 radical (unpaired) electrons. The number of carbonyl (C=O) groups is 1. The number of hydrogen-bond donors (Lipinski definition) is 1. The maximum Gasteiger partial charge on any atom is 0.239 e. The summed E-state index contributed by atoms with van der Waals surface area (Å²) in [6.07, 6.45) is 6.23. The molecule has 1 N–H and O–H groups in total. The fourth-order valence-corrected chi connectivity index (χ4v) is 3.91. The standard InChI is InChI=1S/C15H27N3O/c1-12(15(19)17-8-4-2-3-5-9-17)18-10-13-6-7-16-14(13)11-18/h12-14,16H,2-11H2,1H3/t12?,13-,14+/m0/s1. The van der Waals surface area contributed by atoms with Crippen molar-refractivity contribution >= 4 is 5.91 Å². The molecule has 0 aromatic heterocycles. The Balaban J connectivity index is 1.57. The van der Waals surface area contributed by atoms with Gasteiger partial charge in [0.1, 0.15) is 0 Å². The first-order valence-corrected chi connectivity index (χ1v) is 8.02. The second kappa shape index (κ2) is 5.80. The summed E-state index contributed by atoms with van der Waals surface area (Å²) in [5.41, 5.74) is 0. The van der Waals surface area contributed by atoms with Crippen LogP contribution in [0.15, 0.2) is 0 Å². The summed E-state index contributed by atoms with van der Waals surface area (Å²) in [6.45, 7) is 7.39. The molecule has 1 amide bonds. The van der Waals surface area contributed by atoms with Gasteiger partial charge in [-0.05, 0) is 38.6 Å². The van der Waals surface area contributed by atoms with Gasteiger partial charge in [0.15, 0.2) is 0 Å². The lowest BCUT2D eigenvalue weighted by atomic mass is 10.1. The largest absolute Gasteiger partial charge is 0.341 e. The van der Waals surface area contributed by atoms with Gasteiger partial charge in [0.05, 0.1) is 6.04 Å². The van der Waals surface area contributed by atoms with Crippen molar-refractivity contribution in [2.24, 2.45) is 5.92 Å². The topological polar surface area (TPSA) is 35.6 Å². The molecule has 3 rings (SSSR count). The first-order chi connectivity index (χ1) is 9.25. The van der Waals surface area contributed by atoms with E-state index in [1.807, 2.05) is 0 Å². The molecule has 3 atom stereocenters. The van der Waals surface area contributed by atoms with Crippen LogP contribution < -0.4 is 5.32 Å². The molecule has 0 saturated carbocycles. The summed E-state index contributed by atoms with van der Waals surface area (Å²) in [6, 6.07) is 0.713. The van der Waals surface area contributed by atoms with Crippen molar-refractivity contribution in [2.75, 3.05) is 32.7 Å². The van der Waals surface area contributed by atoms with Crippen molar-refractivity contribution < 1.29 is 4.79 Å². The predicted molar refractivity (Wildman–Crippen MR) is 76.0 cm³/mol. The molecule has 3 fully saturated rings. The third-order valence-electron chi connectivity index (χ3n) is 5.21. The number of hydrogen-bond acceptors (Lipinski definition) is 3. The number of carbonyl (C=O) groups excluding carboxylic acids is 1. The van der Waals surface area contributed by atoms with E-state index in [-0.39, 0.29) is 6.04 Å². The van der Waals surface area contributed by atoms with Crippen LogP contribution in [0.25, 0.3) is 0 Å². The van der Waals surface area contributed by atoms with Gasteiger partial charge < -0.3 is 10.2 Å². The average Bonchev–Trinajstić information content (AvgIpc) is 2.89. The van der Waals surface area contributed by atoms with Gasteiger partial charge in [0.25, 0.3) is 0 Å². The van der Waals surface area contributed by atoms with Gasteiger partial charge in [-0.2, -0.15) is 0 Å².